The van der Waals surface area contributed by atoms with Crippen molar-refractivity contribution in [1.82, 2.24) is 0 Å². The molecule has 0 saturated carbocycles. The molecule has 0 unspecified atom stereocenters. The summed E-state index contributed by atoms with van der Waals surface area (Å²) in [5.74, 6) is -0.689. The molecule has 1 atom stereocenters. The zero-order valence-corrected chi connectivity index (χ0v) is 16.7. The molecule has 0 fully saturated rings. The fourth-order valence-corrected chi connectivity index (χ4v) is 2.36. The van der Waals surface area contributed by atoms with Crippen LogP contribution in [-0.2, 0) is 4.79 Å². The Bertz CT molecular complexity index is 273. The van der Waals surface area contributed by atoms with Crippen molar-refractivity contribution in [2.45, 2.75) is 96.5 Å². The third-order valence-corrected chi connectivity index (χ3v) is 3.73. The van der Waals surface area contributed by atoms with E-state index in [0.29, 0.717) is 6.42 Å². The number of rotatable bonds is 15. The fourth-order valence-electron chi connectivity index (χ4n) is 2.36. The number of carboxylic acids is 1. The van der Waals surface area contributed by atoms with E-state index in [1.807, 2.05) is 0 Å². The van der Waals surface area contributed by atoms with Gasteiger partial charge in [0.25, 0.3) is 0 Å². The van der Waals surface area contributed by atoms with Crippen LogP contribution in [0.2, 0.25) is 0 Å². The molecule has 0 spiro atoms. The Morgan fingerprint density at radius 2 is 1.64 bits per heavy atom. The molecule has 0 radical (unpaired) electrons. The molecule has 0 aromatic rings. The summed E-state index contributed by atoms with van der Waals surface area (Å²) < 4.78 is 0. The number of hydrogen-bond acceptors (Lipinski definition) is 2. The van der Waals surface area contributed by atoms with Gasteiger partial charge in [0.05, 0.1) is 6.10 Å². The predicted octanol–water partition coefficient (Wildman–Crippen LogP) is 2.20. The van der Waals surface area contributed by atoms with Gasteiger partial charge < -0.3 is 11.6 Å². The first-order chi connectivity index (χ1) is 10.2. The van der Waals surface area contributed by atoms with Gasteiger partial charge in [-0.15, -0.1) is 0 Å². The van der Waals surface area contributed by atoms with Gasteiger partial charge in [-0.05, 0) is 32.1 Å². The largest absolute Gasteiger partial charge is 1.00 e. The molecule has 0 rings (SSSR count). The normalized spacial score (nSPS) is 12.3. The van der Waals surface area contributed by atoms with Crippen LogP contribution in [0.25, 0.3) is 0 Å². The SMILES string of the molecule is CCCCCC[C@@H](O)C/C=C\CCCCCCCC(=O)O.[H-].[Na+]. The molecule has 0 aliphatic heterocycles. The summed E-state index contributed by atoms with van der Waals surface area (Å²) in [7, 11) is 0. The Morgan fingerprint density at radius 1 is 1.00 bits per heavy atom. The Kier molecular flexibility index (Phi) is 21.3. The van der Waals surface area contributed by atoms with Crippen LogP contribution in [-0.4, -0.2) is 22.3 Å². The van der Waals surface area contributed by atoms with Gasteiger partial charge >= 0.3 is 35.5 Å². The Hall–Kier alpha value is 0.170. The van der Waals surface area contributed by atoms with Crippen molar-refractivity contribution in [2.75, 3.05) is 0 Å². The first-order valence-corrected chi connectivity index (χ1v) is 8.71. The molecule has 0 aromatic carbocycles. The summed E-state index contributed by atoms with van der Waals surface area (Å²) >= 11 is 0. The van der Waals surface area contributed by atoms with Crippen LogP contribution in [0.4, 0.5) is 0 Å². The Labute approximate surface area is 160 Å². The van der Waals surface area contributed by atoms with E-state index in [1.165, 1.54) is 25.7 Å². The van der Waals surface area contributed by atoms with E-state index in [9.17, 15) is 9.90 Å². The minimum absolute atomic E-state index is 0. The van der Waals surface area contributed by atoms with Crippen LogP contribution >= 0.6 is 0 Å². The number of carbonyl (C=O) groups is 1. The summed E-state index contributed by atoms with van der Waals surface area (Å²) in [5, 5.41) is 18.3. The van der Waals surface area contributed by atoms with Crippen molar-refractivity contribution >= 4 is 5.97 Å². The summed E-state index contributed by atoms with van der Waals surface area (Å²) in [5.41, 5.74) is 0. The van der Waals surface area contributed by atoms with Crippen molar-refractivity contribution in [3.63, 3.8) is 0 Å². The number of aliphatic hydroxyl groups is 1. The van der Waals surface area contributed by atoms with Gasteiger partial charge in [0.2, 0.25) is 0 Å². The van der Waals surface area contributed by atoms with Crippen LogP contribution in [0.15, 0.2) is 12.2 Å². The van der Waals surface area contributed by atoms with Gasteiger partial charge in [-0.3, -0.25) is 4.79 Å². The number of aliphatic carboxylic acids is 1. The molecule has 0 aliphatic carbocycles. The van der Waals surface area contributed by atoms with E-state index in [2.05, 4.69) is 19.1 Å². The van der Waals surface area contributed by atoms with Gasteiger partial charge in [0.15, 0.2) is 0 Å². The third kappa shape index (κ3) is 20.2. The van der Waals surface area contributed by atoms with Crippen molar-refractivity contribution in [3.8, 4) is 0 Å². The maximum absolute atomic E-state index is 10.3. The van der Waals surface area contributed by atoms with Crippen LogP contribution in [0, 0.1) is 0 Å². The third-order valence-electron chi connectivity index (χ3n) is 3.73. The molecular weight excluding hydrogens is 287 g/mol. The van der Waals surface area contributed by atoms with Gasteiger partial charge in [-0.1, -0.05) is 64.0 Å². The van der Waals surface area contributed by atoms with E-state index in [-0.39, 0.29) is 37.1 Å². The maximum Gasteiger partial charge on any atom is 1.00 e. The zero-order chi connectivity index (χ0) is 15.8. The van der Waals surface area contributed by atoms with E-state index < -0.39 is 5.97 Å². The molecule has 0 amide bonds. The molecule has 2 N–H and O–H groups in total. The summed E-state index contributed by atoms with van der Waals surface area (Å²) in [4.78, 5) is 10.3. The number of carboxylic acid groups (broad SMARTS) is 1. The minimum Gasteiger partial charge on any atom is -1.00 e. The second-order valence-corrected chi connectivity index (χ2v) is 5.91. The molecule has 0 aliphatic rings. The number of unbranched alkanes of at least 4 members (excludes halogenated alkanes) is 8. The van der Waals surface area contributed by atoms with Crippen LogP contribution < -0.4 is 29.6 Å². The van der Waals surface area contributed by atoms with Gasteiger partial charge in [-0.2, -0.15) is 0 Å². The molecule has 0 saturated heterocycles. The summed E-state index contributed by atoms with van der Waals surface area (Å²) in [6, 6.07) is 0. The minimum atomic E-state index is -0.689. The molecule has 22 heavy (non-hydrogen) atoms. The number of allylic oxidation sites excluding steroid dienone is 1. The fraction of sp³-hybridized carbons (Fsp3) is 0.833. The van der Waals surface area contributed by atoms with Crippen molar-refractivity contribution < 1.29 is 46.0 Å². The Balaban J connectivity index is -0.00000200. The number of hydrogen-bond donors (Lipinski definition) is 2. The van der Waals surface area contributed by atoms with Crippen molar-refractivity contribution in [2.24, 2.45) is 0 Å². The number of aliphatic hydroxyl groups excluding tert-OH is 1. The van der Waals surface area contributed by atoms with Crippen molar-refractivity contribution in [1.29, 1.82) is 0 Å². The smallest absolute Gasteiger partial charge is 1.00 e. The van der Waals surface area contributed by atoms with Crippen LogP contribution in [0.5, 0.6) is 0 Å². The Morgan fingerprint density at radius 3 is 2.32 bits per heavy atom. The molecule has 126 valence electrons. The van der Waals surface area contributed by atoms with Crippen LogP contribution in [0.1, 0.15) is 91.8 Å². The zero-order valence-electron chi connectivity index (χ0n) is 15.7. The van der Waals surface area contributed by atoms with E-state index >= 15 is 0 Å². The van der Waals surface area contributed by atoms with E-state index in [4.69, 9.17) is 5.11 Å². The van der Waals surface area contributed by atoms with Crippen LogP contribution in [0.3, 0.4) is 0 Å². The molecule has 3 nitrogen and oxygen atoms in total. The quantitative estimate of drug-likeness (QED) is 0.276. The molecule has 4 heteroatoms. The summed E-state index contributed by atoms with van der Waals surface area (Å²) in [6.45, 7) is 2.20. The second-order valence-electron chi connectivity index (χ2n) is 5.91. The maximum atomic E-state index is 10.3. The first kappa shape index (κ1) is 24.4. The van der Waals surface area contributed by atoms with E-state index in [0.717, 1.165) is 51.4 Å². The average molecular weight is 322 g/mol. The van der Waals surface area contributed by atoms with Gasteiger partial charge in [0.1, 0.15) is 0 Å². The van der Waals surface area contributed by atoms with E-state index in [1.54, 1.807) is 0 Å². The predicted molar refractivity (Wildman–Crippen MR) is 89.6 cm³/mol. The van der Waals surface area contributed by atoms with Gasteiger partial charge in [0, 0.05) is 6.42 Å². The molecule has 0 bridgehead atoms. The molecule has 0 heterocycles. The standard InChI is InChI=1S/C18H34O3.Na.H/c1-2-3-4-11-14-17(19)15-12-9-7-5-6-8-10-13-16-18(20)21;;/h9,12,17,19H,2-8,10-11,13-16H2,1H3,(H,20,21);;/q;+1;-1/b12-9-;;/t17-;;/m1../s1. The summed E-state index contributed by atoms with van der Waals surface area (Å²) in [6.07, 6.45) is 17.4. The monoisotopic (exact) mass is 322 g/mol. The molecular formula is C18H35NaO3. The van der Waals surface area contributed by atoms with Gasteiger partial charge in [-0.25, -0.2) is 0 Å². The average Bonchev–Trinajstić information content (AvgIpc) is 2.45. The van der Waals surface area contributed by atoms with Crippen molar-refractivity contribution in [3.05, 3.63) is 12.2 Å². The topological polar surface area (TPSA) is 57.5 Å². The molecule has 0 aromatic heterocycles. The first-order valence-electron chi connectivity index (χ1n) is 8.71. The second kappa shape index (κ2) is 19.2.